The molecule has 188 valence electrons. The molecule has 38 heavy (non-hydrogen) atoms. The molecule has 0 aliphatic heterocycles. The molecule has 0 atom stereocenters. The third kappa shape index (κ3) is 4.30. The average molecular weight is 506 g/mol. The quantitative estimate of drug-likeness (QED) is 0.191. The van der Waals surface area contributed by atoms with Crippen molar-refractivity contribution in [1.29, 1.82) is 0 Å². The minimum absolute atomic E-state index is 0.0804. The second-order valence-corrected chi connectivity index (χ2v) is 8.38. The van der Waals surface area contributed by atoms with Gasteiger partial charge in [-0.15, -0.1) is 5.10 Å². The number of aromatic nitrogens is 4. The maximum atomic E-state index is 6.27. The highest BCUT2D eigenvalue weighted by atomic mass is 16.6. The first-order chi connectivity index (χ1) is 18.7. The fourth-order valence-corrected chi connectivity index (χ4v) is 4.30. The van der Waals surface area contributed by atoms with Gasteiger partial charge in [0.2, 0.25) is 5.71 Å². The second kappa shape index (κ2) is 10.1. The maximum Gasteiger partial charge on any atom is 0.232 e. The minimum Gasteiger partial charge on any atom is -0.493 e. The first-order valence-corrected chi connectivity index (χ1v) is 11.9. The molecule has 0 spiro atoms. The van der Waals surface area contributed by atoms with Gasteiger partial charge in [-0.2, -0.15) is 0 Å². The van der Waals surface area contributed by atoms with Crippen molar-refractivity contribution in [1.82, 2.24) is 19.6 Å². The minimum atomic E-state index is 0.0804. The molecule has 0 N–H and O–H groups in total. The van der Waals surface area contributed by atoms with Crippen LogP contribution in [0.4, 0.5) is 0 Å². The predicted molar refractivity (Wildman–Crippen MR) is 143 cm³/mol. The van der Waals surface area contributed by atoms with E-state index in [1.807, 2.05) is 72.8 Å². The SMILES string of the molecule is COc1ccc(/C=N\OCc2nc3c4c(-c5ccccc5)c(-c5ccccc5)oc4ncn3n2)cc1OC. The lowest BCUT2D eigenvalue weighted by Crippen LogP contribution is -1.94. The van der Waals surface area contributed by atoms with E-state index in [1.165, 1.54) is 0 Å². The number of benzene rings is 3. The van der Waals surface area contributed by atoms with Crippen LogP contribution >= 0.6 is 0 Å². The van der Waals surface area contributed by atoms with Gasteiger partial charge in [-0.25, -0.2) is 14.5 Å². The molecule has 0 aliphatic rings. The Kier molecular flexibility index (Phi) is 6.15. The number of rotatable bonds is 8. The highest BCUT2D eigenvalue weighted by Gasteiger charge is 2.22. The van der Waals surface area contributed by atoms with E-state index in [9.17, 15) is 0 Å². The van der Waals surface area contributed by atoms with Gasteiger partial charge in [-0.1, -0.05) is 65.8 Å². The Morgan fingerprint density at radius 1 is 0.895 bits per heavy atom. The first kappa shape index (κ1) is 23.2. The smallest absolute Gasteiger partial charge is 0.232 e. The molecule has 0 fully saturated rings. The molecule has 0 saturated heterocycles. The Balaban J connectivity index is 1.34. The number of hydrogen-bond acceptors (Lipinski definition) is 8. The summed E-state index contributed by atoms with van der Waals surface area (Å²) in [4.78, 5) is 14.8. The molecule has 0 radical (unpaired) electrons. The van der Waals surface area contributed by atoms with Crippen molar-refractivity contribution in [2.24, 2.45) is 5.16 Å². The lowest BCUT2D eigenvalue weighted by atomic mass is 9.99. The Hall–Kier alpha value is -5.18. The molecule has 0 bridgehead atoms. The van der Waals surface area contributed by atoms with Crippen molar-refractivity contribution in [2.75, 3.05) is 14.2 Å². The van der Waals surface area contributed by atoms with Gasteiger partial charge in [0.25, 0.3) is 0 Å². The summed E-state index contributed by atoms with van der Waals surface area (Å²) in [6.07, 6.45) is 3.18. The van der Waals surface area contributed by atoms with Crippen LogP contribution in [0.3, 0.4) is 0 Å². The molecule has 6 rings (SSSR count). The number of furan rings is 1. The van der Waals surface area contributed by atoms with Crippen molar-refractivity contribution < 1.29 is 18.7 Å². The van der Waals surface area contributed by atoms with E-state index < -0.39 is 0 Å². The summed E-state index contributed by atoms with van der Waals surface area (Å²) >= 11 is 0. The molecule has 0 unspecified atom stereocenters. The lowest BCUT2D eigenvalue weighted by Gasteiger charge is -2.07. The number of fused-ring (bicyclic) bond motifs is 3. The van der Waals surface area contributed by atoms with E-state index in [0.29, 0.717) is 28.7 Å². The number of methoxy groups -OCH3 is 2. The van der Waals surface area contributed by atoms with E-state index in [-0.39, 0.29) is 6.61 Å². The molecule has 3 aromatic heterocycles. The van der Waals surface area contributed by atoms with Gasteiger partial charge in [-0.3, -0.25) is 0 Å². The van der Waals surface area contributed by atoms with Gasteiger partial charge >= 0.3 is 0 Å². The Morgan fingerprint density at radius 2 is 1.63 bits per heavy atom. The number of hydrogen-bond donors (Lipinski definition) is 0. The highest BCUT2D eigenvalue weighted by molar-refractivity contribution is 6.07. The van der Waals surface area contributed by atoms with Crippen LogP contribution in [-0.4, -0.2) is 40.0 Å². The third-order valence-electron chi connectivity index (χ3n) is 6.05. The van der Waals surface area contributed by atoms with Crippen molar-refractivity contribution >= 4 is 23.0 Å². The van der Waals surface area contributed by atoms with Gasteiger partial charge in [-0.05, 0) is 23.8 Å². The number of nitrogens with zero attached hydrogens (tertiary/aromatic N) is 5. The normalized spacial score (nSPS) is 11.4. The summed E-state index contributed by atoms with van der Waals surface area (Å²) in [6, 6.07) is 25.5. The standard InChI is InChI=1S/C29H23N5O4/c1-35-22-14-13-19(15-23(22)36-2)16-31-37-17-24-32-28-26-25(20-9-5-3-6-10-20)27(21-11-7-4-8-12-21)38-29(26)30-18-34(28)33-24/h3-16,18H,17H2,1-2H3/b31-16-. The summed E-state index contributed by atoms with van der Waals surface area (Å²) in [5.41, 5.74) is 4.78. The predicted octanol–water partition coefficient (Wildman–Crippen LogP) is 5.77. The number of oxime groups is 1. The molecule has 0 amide bonds. The van der Waals surface area contributed by atoms with Crippen LogP contribution in [0, 0.1) is 0 Å². The topological polar surface area (TPSA) is 96.3 Å². The zero-order chi connectivity index (χ0) is 25.9. The summed E-state index contributed by atoms with van der Waals surface area (Å²) in [5.74, 6) is 2.45. The molecular formula is C29H23N5O4. The zero-order valence-corrected chi connectivity index (χ0v) is 20.7. The summed E-state index contributed by atoms with van der Waals surface area (Å²) in [6.45, 7) is 0.0804. The van der Waals surface area contributed by atoms with Crippen LogP contribution in [0.15, 0.2) is 94.8 Å². The molecule has 9 nitrogen and oxygen atoms in total. The molecule has 3 heterocycles. The first-order valence-electron chi connectivity index (χ1n) is 11.9. The largest absolute Gasteiger partial charge is 0.493 e. The Morgan fingerprint density at radius 3 is 2.37 bits per heavy atom. The van der Waals surface area contributed by atoms with Crippen LogP contribution in [-0.2, 0) is 11.4 Å². The second-order valence-electron chi connectivity index (χ2n) is 8.38. The van der Waals surface area contributed by atoms with Crippen LogP contribution in [0.2, 0.25) is 0 Å². The van der Waals surface area contributed by atoms with E-state index in [0.717, 1.165) is 33.4 Å². The van der Waals surface area contributed by atoms with Gasteiger partial charge in [0.15, 0.2) is 29.6 Å². The average Bonchev–Trinajstić information content (AvgIpc) is 3.57. The molecule has 9 heteroatoms. The van der Waals surface area contributed by atoms with Crippen molar-refractivity contribution in [3.8, 4) is 33.9 Å². The monoisotopic (exact) mass is 505 g/mol. The van der Waals surface area contributed by atoms with E-state index in [4.69, 9.17) is 23.7 Å². The summed E-state index contributed by atoms with van der Waals surface area (Å²) < 4.78 is 18.5. The molecule has 6 aromatic rings. The fourth-order valence-electron chi connectivity index (χ4n) is 4.30. The van der Waals surface area contributed by atoms with Crippen molar-refractivity contribution in [2.45, 2.75) is 6.61 Å². The Bertz CT molecular complexity index is 1740. The molecule has 0 aliphatic carbocycles. The summed E-state index contributed by atoms with van der Waals surface area (Å²) in [7, 11) is 3.18. The molecular weight excluding hydrogens is 482 g/mol. The number of ether oxygens (including phenoxy) is 2. The highest BCUT2D eigenvalue weighted by Crippen LogP contribution is 2.41. The van der Waals surface area contributed by atoms with Gasteiger partial charge in [0.1, 0.15) is 12.1 Å². The maximum absolute atomic E-state index is 6.27. The van der Waals surface area contributed by atoms with Crippen LogP contribution < -0.4 is 9.47 Å². The van der Waals surface area contributed by atoms with Crippen molar-refractivity contribution in [3.63, 3.8) is 0 Å². The van der Waals surface area contributed by atoms with Crippen LogP contribution in [0.25, 0.3) is 39.2 Å². The van der Waals surface area contributed by atoms with E-state index in [1.54, 1.807) is 37.3 Å². The van der Waals surface area contributed by atoms with Crippen molar-refractivity contribution in [3.05, 3.63) is 96.6 Å². The molecule has 0 saturated carbocycles. The zero-order valence-electron chi connectivity index (χ0n) is 20.7. The van der Waals surface area contributed by atoms with Gasteiger partial charge < -0.3 is 18.7 Å². The van der Waals surface area contributed by atoms with E-state index >= 15 is 0 Å². The Labute approximate surface area is 217 Å². The fraction of sp³-hybridized carbons (Fsp3) is 0.103. The van der Waals surface area contributed by atoms with Gasteiger partial charge in [0, 0.05) is 16.7 Å². The lowest BCUT2D eigenvalue weighted by molar-refractivity contribution is 0.126. The van der Waals surface area contributed by atoms with Crippen LogP contribution in [0.5, 0.6) is 11.5 Å². The van der Waals surface area contributed by atoms with E-state index in [2.05, 4.69) is 15.2 Å². The molecule has 3 aromatic carbocycles. The summed E-state index contributed by atoms with van der Waals surface area (Å²) in [5, 5.41) is 9.39. The van der Waals surface area contributed by atoms with Gasteiger partial charge in [0.05, 0.1) is 25.8 Å². The third-order valence-corrected chi connectivity index (χ3v) is 6.05. The van der Waals surface area contributed by atoms with Crippen LogP contribution in [0.1, 0.15) is 11.4 Å².